The molecule has 0 bridgehead atoms. The van der Waals surface area contributed by atoms with Gasteiger partial charge in [0.05, 0.1) is 11.6 Å². The summed E-state index contributed by atoms with van der Waals surface area (Å²) < 4.78 is 14.8. The van der Waals surface area contributed by atoms with Crippen molar-refractivity contribution in [3.8, 4) is 22.3 Å². The monoisotopic (exact) mass is 498 g/mol. The van der Waals surface area contributed by atoms with Crippen molar-refractivity contribution in [1.29, 1.82) is 0 Å². The standard InChI is InChI=1S/C28H24ClFN6/c29-21-4-5-25(30)24(13-21)26-14-23(22-2-1-7-33-28(22)35-26)20-12-19(15-32-16-20)18-3-6-27(34-17-18)36-10-8-31-9-11-36/h1-7,12-17,24-25,31H,8-11H2. The molecule has 1 aliphatic heterocycles. The minimum atomic E-state index is -1.21. The predicted octanol–water partition coefficient (Wildman–Crippen LogP) is 5.28. The largest absolute Gasteiger partial charge is 0.354 e. The van der Waals surface area contributed by atoms with Crippen LogP contribution in [0, 0.1) is 0 Å². The summed E-state index contributed by atoms with van der Waals surface area (Å²) in [4.78, 5) is 20.6. The lowest BCUT2D eigenvalue weighted by Crippen LogP contribution is -2.43. The van der Waals surface area contributed by atoms with Crippen molar-refractivity contribution in [2.45, 2.75) is 12.1 Å². The first-order valence-corrected chi connectivity index (χ1v) is 12.4. The number of rotatable bonds is 4. The molecule has 180 valence electrons. The maximum absolute atomic E-state index is 14.8. The van der Waals surface area contributed by atoms with E-state index in [9.17, 15) is 4.39 Å². The molecule has 4 aromatic rings. The third-order valence-corrected chi connectivity index (χ3v) is 6.89. The fourth-order valence-electron chi connectivity index (χ4n) is 4.74. The molecule has 1 aliphatic carbocycles. The van der Waals surface area contributed by atoms with E-state index in [1.807, 2.05) is 36.8 Å². The Morgan fingerprint density at radius 2 is 1.83 bits per heavy atom. The third kappa shape index (κ3) is 4.47. The first-order chi connectivity index (χ1) is 17.7. The summed E-state index contributed by atoms with van der Waals surface area (Å²) in [5.41, 5.74) is 4.87. The summed E-state index contributed by atoms with van der Waals surface area (Å²) >= 11 is 6.19. The molecule has 6 nitrogen and oxygen atoms in total. The summed E-state index contributed by atoms with van der Waals surface area (Å²) in [5.74, 6) is 0.403. The van der Waals surface area contributed by atoms with Crippen LogP contribution < -0.4 is 10.2 Å². The lowest BCUT2D eigenvalue weighted by molar-refractivity contribution is 0.365. The number of nitrogens with zero attached hydrogens (tertiary/aromatic N) is 5. The fraction of sp³-hybridized carbons (Fsp3) is 0.214. The van der Waals surface area contributed by atoms with Gasteiger partial charge in [0.15, 0.2) is 5.65 Å². The smallest absolute Gasteiger partial charge is 0.160 e. The molecular formula is C28H24ClFN6. The van der Waals surface area contributed by atoms with E-state index < -0.39 is 12.1 Å². The van der Waals surface area contributed by atoms with E-state index in [1.54, 1.807) is 18.3 Å². The van der Waals surface area contributed by atoms with Crippen LogP contribution in [0.5, 0.6) is 0 Å². The Bertz CT molecular complexity index is 1460. The highest BCUT2D eigenvalue weighted by Gasteiger charge is 2.25. The van der Waals surface area contributed by atoms with E-state index in [2.05, 4.69) is 43.4 Å². The molecule has 1 saturated heterocycles. The van der Waals surface area contributed by atoms with Gasteiger partial charge in [0.2, 0.25) is 0 Å². The van der Waals surface area contributed by atoms with E-state index >= 15 is 0 Å². The van der Waals surface area contributed by atoms with Crippen LogP contribution in [0.15, 0.2) is 84.4 Å². The molecule has 0 saturated carbocycles. The number of halogens is 2. The van der Waals surface area contributed by atoms with Crippen molar-refractivity contribution in [3.63, 3.8) is 0 Å². The maximum Gasteiger partial charge on any atom is 0.160 e. The van der Waals surface area contributed by atoms with Gasteiger partial charge in [-0.3, -0.25) is 4.98 Å². The van der Waals surface area contributed by atoms with Gasteiger partial charge in [-0.05, 0) is 54.1 Å². The highest BCUT2D eigenvalue weighted by atomic mass is 35.5. The van der Waals surface area contributed by atoms with Crippen LogP contribution in [0.3, 0.4) is 0 Å². The molecule has 8 heteroatoms. The molecule has 6 rings (SSSR count). The van der Waals surface area contributed by atoms with Gasteiger partial charge in [-0.15, -0.1) is 0 Å². The Morgan fingerprint density at radius 1 is 0.972 bits per heavy atom. The van der Waals surface area contributed by atoms with Crippen molar-refractivity contribution in [1.82, 2.24) is 25.3 Å². The minimum absolute atomic E-state index is 0.499. The van der Waals surface area contributed by atoms with Gasteiger partial charge >= 0.3 is 0 Å². The number of anilines is 1. The number of alkyl halides is 1. The van der Waals surface area contributed by atoms with Crippen LogP contribution in [0.25, 0.3) is 33.3 Å². The van der Waals surface area contributed by atoms with Crippen LogP contribution in [-0.4, -0.2) is 52.3 Å². The number of fused-ring (bicyclic) bond motifs is 1. The Morgan fingerprint density at radius 3 is 2.67 bits per heavy atom. The fourth-order valence-corrected chi connectivity index (χ4v) is 4.95. The molecule has 0 radical (unpaired) electrons. The maximum atomic E-state index is 14.8. The van der Waals surface area contributed by atoms with Gasteiger partial charge in [-0.25, -0.2) is 19.3 Å². The number of pyridine rings is 4. The van der Waals surface area contributed by atoms with Crippen molar-refractivity contribution in [2.75, 3.05) is 31.1 Å². The van der Waals surface area contributed by atoms with Crippen molar-refractivity contribution in [3.05, 3.63) is 90.1 Å². The summed E-state index contributed by atoms with van der Waals surface area (Å²) in [7, 11) is 0. The predicted molar refractivity (Wildman–Crippen MR) is 142 cm³/mol. The Hall–Kier alpha value is -3.68. The zero-order valence-corrected chi connectivity index (χ0v) is 20.2. The molecule has 0 amide bonds. The third-order valence-electron chi connectivity index (χ3n) is 6.64. The van der Waals surface area contributed by atoms with Crippen LogP contribution in [-0.2, 0) is 0 Å². The number of aromatic nitrogens is 4. The second-order valence-corrected chi connectivity index (χ2v) is 9.39. The van der Waals surface area contributed by atoms with Gasteiger partial charge in [-0.1, -0.05) is 17.7 Å². The van der Waals surface area contributed by atoms with E-state index in [4.69, 9.17) is 16.6 Å². The zero-order valence-electron chi connectivity index (χ0n) is 19.5. The topological polar surface area (TPSA) is 66.8 Å². The number of piperazine rings is 1. The van der Waals surface area contributed by atoms with Gasteiger partial charge in [0.1, 0.15) is 12.0 Å². The first-order valence-electron chi connectivity index (χ1n) is 12.0. The Labute approximate surface area is 213 Å². The molecule has 0 spiro atoms. The van der Waals surface area contributed by atoms with E-state index in [-0.39, 0.29) is 0 Å². The van der Waals surface area contributed by atoms with Crippen LogP contribution in [0.4, 0.5) is 10.2 Å². The zero-order chi connectivity index (χ0) is 24.5. The van der Waals surface area contributed by atoms with E-state index in [1.165, 1.54) is 6.08 Å². The molecule has 4 aromatic heterocycles. The SMILES string of the molecule is FC1C=CC(Cl)=CC1c1cc(-c2cncc(-c3ccc(N4CCNCC4)nc3)c2)c2cccnc2n1. The second kappa shape index (κ2) is 9.76. The van der Waals surface area contributed by atoms with Crippen molar-refractivity contribution >= 4 is 28.5 Å². The average Bonchev–Trinajstić information content (AvgIpc) is 2.94. The lowest BCUT2D eigenvalue weighted by atomic mass is 9.92. The molecule has 2 atom stereocenters. The summed E-state index contributed by atoms with van der Waals surface area (Å²) in [6.45, 7) is 3.83. The first kappa shape index (κ1) is 22.8. The number of nitrogens with one attached hydrogen (secondary N) is 1. The Balaban J connectivity index is 1.39. The van der Waals surface area contributed by atoms with Gasteiger partial charge < -0.3 is 10.2 Å². The van der Waals surface area contributed by atoms with Gasteiger partial charge in [0.25, 0.3) is 0 Å². The molecule has 36 heavy (non-hydrogen) atoms. The van der Waals surface area contributed by atoms with Gasteiger partial charge in [0, 0.05) is 78.1 Å². The number of allylic oxidation sites excluding steroid dienone is 4. The summed E-state index contributed by atoms with van der Waals surface area (Å²) in [6, 6.07) is 12.0. The van der Waals surface area contributed by atoms with E-state index in [0.29, 0.717) is 16.4 Å². The molecule has 1 N–H and O–H groups in total. The summed E-state index contributed by atoms with van der Waals surface area (Å²) in [6.07, 6.45) is 10.8. The summed E-state index contributed by atoms with van der Waals surface area (Å²) in [5, 5.41) is 4.74. The molecular weight excluding hydrogens is 475 g/mol. The molecule has 2 unspecified atom stereocenters. The molecule has 2 aliphatic rings. The molecule has 1 fully saturated rings. The second-order valence-electron chi connectivity index (χ2n) is 8.95. The number of hydrogen-bond acceptors (Lipinski definition) is 6. The minimum Gasteiger partial charge on any atom is -0.354 e. The Kier molecular flexibility index (Phi) is 6.17. The van der Waals surface area contributed by atoms with Crippen molar-refractivity contribution < 1.29 is 4.39 Å². The molecule has 5 heterocycles. The van der Waals surface area contributed by atoms with Crippen LogP contribution in [0.2, 0.25) is 0 Å². The quantitative estimate of drug-likeness (QED) is 0.413. The normalized spacial score (nSPS) is 19.9. The molecule has 0 aromatic carbocycles. The van der Waals surface area contributed by atoms with Crippen LogP contribution >= 0.6 is 11.6 Å². The average molecular weight is 499 g/mol. The highest BCUT2D eigenvalue weighted by Crippen LogP contribution is 2.36. The van der Waals surface area contributed by atoms with E-state index in [0.717, 1.165) is 59.6 Å². The highest BCUT2D eigenvalue weighted by molar-refractivity contribution is 6.31. The van der Waals surface area contributed by atoms with Crippen LogP contribution in [0.1, 0.15) is 11.6 Å². The van der Waals surface area contributed by atoms with Crippen molar-refractivity contribution in [2.24, 2.45) is 0 Å². The number of hydrogen-bond donors (Lipinski definition) is 1. The lowest BCUT2D eigenvalue weighted by Gasteiger charge is -2.28. The van der Waals surface area contributed by atoms with Gasteiger partial charge in [-0.2, -0.15) is 0 Å².